The van der Waals surface area contributed by atoms with Crippen molar-refractivity contribution in [3.05, 3.63) is 33.7 Å². The Hall–Kier alpha value is -0.800. The number of ether oxygens (including phenoxy) is 1. The molecular weight excluding hydrogens is 208 g/mol. The van der Waals surface area contributed by atoms with E-state index < -0.39 is 5.60 Å². The molecule has 0 bridgehead atoms. The monoisotopic (exact) mass is 224 g/mol. The smallest absolute Gasteiger partial charge is 0.120 e. The minimum absolute atomic E-state index is 0.767. The summed E-state index contributed by atoms with van der Waals surface area (Å²) in [4.78, 5) is 2.22. The fourth-order valence-electron chi connectivity index (χ4n) is 1.78. The van der Waals surface area contributed by atoms with Gasteiger partial charge in [0.1, 0.15) is 5.60 Å². The zero-order valence-corrected chi connectivity index (χ0v) is 9.93. The van der Waals surface area contributed by atoms with Crippen molar-refractivity contribution in [2.45, 2.75) is 32.3 Å². The van der Waals surface area contributed by atoms with E-state index in [0.29, 0.717) is 0 Å². The Kier molecular flexibility index (Phi) is 2.85. The number of hydrogen-bond donors (Lipinski definition) is 1. The van der Waals surface area contributed by atoms with Crippen LogP contribution in [0.4, 0.5) is 0 Å². The van der Waals surface area contributed by atoms with Crippen LogP contribution in [0.25, 0.3) is 0 Å². The molecule has 1 N–H and O–H groups in total. The summed E-state index contributed by atoms with van der Waals surface area (Å²) in [5, 5.41) is 10.5. The second-order valence-corrected chi connectivity index (χ2v) is 5.39. The van der Waals surface area contributed by atoms with Gasteiger partial charge in [-0.1, -0.05) is 0 Å². The maximum absolute atomic E-state index is 10.5. The topological polar surface area (TPSA) is 29.5 Å². The zero-order valence-electron chi connectivity index (χ0n) is 9.12. The van der Waals surface area contributed by atoms with Gasteiger partial charge in [-0.15, -0.1) is 11.3 Å². The molecule has 2 rings (SSSR count). The van der Waals surface area contributed by atoms with Crippen LogP contribution in [-0.4, -0.2) is 11.7 Å². The third-order valence-corrected chi connectivity index (χ3v) is 3.99. The molecule has 0 radical (unpaired) electrons. The summed E-state index contributed by atoms with van der Waals surface area (Å²) in [5.74, 6) is 0. The number of rotatable bonds is 2. The second-order valence-electron chi connectivity index (χ2n) is 4.10. The lowest BCUT2D eigenvalue weighted by Crippen LogP contribution is -2.24. The summed E-state index contributed by atoms with van der Waals surface area (Å²) in [6, 6.07) is 4.04. The lowest BCUT2D eigenvalue weighted by Gasteiger charge is -2.27. The van der Waals surface area contributed by atoms with Gasteiger partial charge >= 0.3 is 0 Å². The first kappa shape index (κ1) is 10.7. The SMILES string of the molecule is Cc1ccc(C(C)(O)C2=COCCC2)s1. The summed E-state index contributed by atoms with van der Waals surface area (Å²) >= 11 is 1.64. The molecule has 82 valence electrons. The third-order valence-electron chi connectivity index (χ3n) is 2.78. The highest BCUT2D eigenvalue weighted by Gasteiger charge is 2.30. The van der Waals surface area contributed by atoms with Gasteiger partial charge in [-0.2, -0.15) is 0 Å². The van der Waals surface area contributed by atoms with Gasteiger partial charge in [0.25, 0.3) is 0 Å². The fourth-order valence-corrected chi connectivity index (χ4v) is 2.73. The first-order valence-corrected chi connectivity index (χ1v) is 6.03. The Morgan fingerprint density at radius 2 is 2.27 bits per heavy atom. The van der Waals surface area contributed by atoms with Gasteiger partial charge in [-0.25, -0.2) is 0 Å². The molecule has 0 aliphatic carbocycles. The maximum atomic E-state index is 10.5. The normalized spacial score (nSPS) is 20.3. The van der Waals surface area contributed by atoms with E-state index in [0.717, 1.165) is 29.9 Å². The Bertz CT molecular complexity index is 377. The summed E-state index contributed by atoms with van der Waals surface area (Å²) < 4.78 is 5.28. The Morgan fingerprint density at radius 1 is 1.47 bits per heavy atom. The first-order valence-electron chi connectivity index (χ1n) is 5.21. The van der Waals surface area contributed by atoms with Gasteiger partial charge in [-0.05, 0) is 38.8 Å². The predicted molar refractivity (Wildman–Crippen MR) is 61.9 cm³/mol. The minimum Gasteiger partial charge on any atom is -0.501 e. The molecule has 1 aliphatic heterocycles. The molecule has 0 spiro atoms. The van der Waals surface area contributed by atoms with Crippen molar-refractivity contribution in [2.24, 2.45) is 0 Å². The predicted octanol–water partition coefficient (Wildman–Crippen LogP) is 2.96. The summed E-state index contributed by atoms with van der Waals surface area (Å²) in [5.41, 5.74) is 0.120. The Morgan fingerprint density at radius 3 is 2.80 bits per heavy atom. The largest absolute Gasteiger partial charge is 0.501 e. The van der Waals surface area contributed by atoms with E-state index >= 15 is 0 Å². The van der Waals surface area contributed by atoms with Gasteiger partial charge in [-0.3, -0.25) is 0 Å². The van der Waals surface area contributed by atoms with Crippen molar-refractivity contribution in [1.29, 1.82) is 0 Å². The molecule has 0 saturated heterocycles. The molecule has 0 saturated carbocycles. The van der Waals surface area contributed by atoms with E-state index in [9.17, 15) is 5.11 Å². The van der Waals surface area contributed by atoms with Crippen LogP contribution in [0.2, 0.25) is 0 Å². The highest BCUT2D eigenvalue weighted by molar-refractivity contribution is 7.12. The van der Waals surface area contributed by atoms with Crippen LogP contribution in [0.15, 0.2) is 24.0 Å². The van der Waals surface area contributed by atoms with Crippen molar-refractivity contribution in [3.63, 3.8) is 0 Å². The van der Waals surface area contributed by atoms with Crippen molar-refractivity contribution < 1.29 is 9.84 Å². The molecule has 0 aromatic carbocycles. The highest BCUT2D eigenvalue weighted by atomic mass is 32.1. The van der Waals surface area contributed by atoms with Crippen LogP contribution >= 0.6 is 11.3 Å². The van der Waals surface area contributed by atoms with E-state index in [1.54, 1.807) is 17.6 Å². The van der Waals surface area contributed by atoms with E-state index in [2.05, 4.69) is 6.92 Å². The number of aliphatic hydroxyl groups is 1. The average Bonchev–Trinajstić information content (AvgIpc) is 2.67. The van der Waals surface area contributed by atoms with Crippen LogP contribution in [0, 0.1) is 6.92 Å². The summed E-state index contributed by atoms with van der Waals surface area (Å²) in [6.07, 6.45) is 3.63. The second kappa shape index (κ2) is 3.99. The van der Waals surface area contributed by atoms with E-state index in [-0.39, 0.29) is 0 Å². The number of thiophene rings is 1. The standard InChI is InChI=1S/C12H16O2S/c1-9-5-6-11(15-9)12(2,13)10-4-3-7-14-8-10/h5-6,8,13H,3-4,7H2,1-2H3. The summed E-state index contributed by atoms with van der Waals surface area (Å²) in [6.45, 7) is 4.66. The fraction of sp³-hybridized carbons (Fsp3) is 0.500. The molecule has 1 atom stereocenters. The first-order chi connectivity index (χ1) is 7.10. The van der Waals surface area contributed by atoms with Crippen molar-refractivity contribution in [3.8, 4) is 0 Å². The number of hydrogen-bond acceptors (Lipinski definition) is 3. The maximum Gasteiger partial charge on any atom is 0.120 e. The molecule has 15 heavy (non-hydrogen) atoms. The van der Waals surface area contributed by atoms with E-state index in [1.165, 1.54) is 4.88 Å². The lowest BCUT2D eigenvalue weighted by molar-refractivity contribution is 0.0820. The third kappa shape index (κ3) is 2.08. The van der Waals surface area contributed by atoms with Crippen LogP contribution < -0.4 is 0 Å². The molecular formula is C12H16O2S. The molecule has 0 fully saturated rings. The van der Waals surface area contributed by atoms with Gasteiger partial charge in [0.05, 0.1) is 12.9 Å². The minimum atomic E-state index is -0.862. The van der Waals surface area contributed by atoms with Crippen molar-refractivity contribution in [2.75, 3.05) is 6.61 Å². The zero-order chi connectivity index (χ0) is 10.9. The van der Waals surface area contributed by atoms with Gasteiger partial charge < -0.3 is 9.84 Å². The van der Waals surface area contributed by atoms with Crippen molar-refractivity contribution in [1.82, 2.24) is 0 Å². The molecule has 2 nitrogen and oxygen atoms in total. The molecule has 0 amide bonds. The van der Waals surface area contributed by atoms with Crippen molar-refractivity contribution >= 4 is 11.3 Å². The van der Waals surface area contributed by atoms with E-state index in [1.807, 2.05) is 19.1 Å². The molecule has 1 aromatic rings. The molecule has 1 aromatic heterocycles. The van der Waals surface area contributed by atoms with Gasteiger partial charge in [0.15, 0.2) is 0 Å². The molecule has 1 aliphatic rings. The Balaban J connectivity index is 2.29. The van der Waals surface area contributed by atoms with Gasteiger partial charge in [0.2, 0.25) is 0 Å². The molecule has 1 unspecified atom stereocenters. The quantitative estimate of drug-likeness (QED) is 0.837. The molecule has 3 heteroatoms. The van der Waals surface area contributed by atoms with Crippen LogP contribution in [0.5, 0.6) is 0 Å². The van der Waals surface area contributed by atoms with Gasteiger partial charge in [0, 0.05) is 15.3 Å². The Labute approximate surface area is 94.2 Å². The highest BCUT2D eigenvalue weighted by Crippen LogP contribution is 2.37. The average molecular weight is 224 g/mol. The summed E-state index contributed by atoms with van der Waals surface area (Å²) in [7, 11) is 0. The van der Waals surface area contributed by atoms with Crippen LogP contribution in [0.1, 0.15) is 29.5 Å². The van der Waals surface area contributed by atoms with E-state index in [4.69, 9.17) is 4.74 Å². The number of aryl methyl sites for hydroxylation is 1. The van der Waals surface area contributed by atoms with Crippen LogP contribution in [-0.2, 0) is 10.3 Å². The molecule has 2 heterocycles. The van der Waals surface area contributed by atoms with Crippen LogP contribution in [0.3, 0.4) is 0 Å². The lowest BCUT2D eigenvalue weighted by atomic mass is 9.91.